The predicted molar refractivity (Wildman–Crippen MR) is 186 cm³/mol. The molecule has 0 saturated carbocycles. The lowest BCUT2D eigenvalue weighted by atomic mass is 10.0. The molecule has 46 heavy (non-hydrogen) atoms. The monoisotopic (exact) mass is 679 g/mol. The van der Waals surface area contributed by atoms with Crippen LogP contribution in [-0.4, -0.2) is 44.3 Å². The molecule has 7 nitrogen and oxygen atoms in total. The van der Waals surface area contributed by atoms with Gasteiger partial charge in [0.15, 0.2) is 0 Å². The van der Waals surface area contributed by atoms with Gasteiger partial charge >= 0.3 is 0 Å². The van der Waals surface area contributed by atoms with Crippen molar-refractivity contribution in [3.8, 4) is 0 Å². The summed E-state index contributed by atoms with van der Waals surface area (Å²) >= 11 is 12.5. The molecular formula is C36H39Cl2N3O4S. The first kappa shape index (κ1) is 35.0. The van der Waals surface area contributed by atoms with Crippen LogP contribution in [0.3, 0.4) is 0 Å². The number of hydrogen-bond acceptors (Lipinski definition) is 4. The number of nitrogens with zero attached hydrogens (tertiary/aromatic N) is 2. The van der Waals surface area contributed by atoms with Gasteiger partial charge in [-0.15, -0.1) is 0 Å². The second-order valence-corrected chi connectivity index (χ2v) is 13.9. The molecule has 0 heterocycles. The van der Waals surface area contributed by atoms with Gasteiger partial charge in [-0.1, -0.05) is 109 Å². The van der Waals surface area contributed by atoms with Crippen LogP contribution in [0.25, 0.3) is 0 Å². The fourth-order valence-electron chi connectivity index (χ4n) is 5.21. The summed E-state index contributed by atoms with van der Waals surface area (Å²) in [6.07, 6.45) is 1.89. The quantitative estimate of drug-likeness (QED) is 0.141. The van der Waals surface area contributed by atoms with Crippen molar-refractivity contribution in [1.29, 1.82) is 0 Å². The second-order valence-electron chi connectivity index (χ2n) is 11.2. The summed E-state index contributed by atoms with van der Waals surface area (Å²) in [6, 6.07) is 26.9. The molecule has 4 aromatic carbocycles. The van der Waals surface area contributed by atoms with E-state index in [1.54, 1.807) is 42.5 Å². The van der Waals surface area contributed by atoms with E-state index in [2.05, 4.69) is 5.32 Å². The molecule has 2 amide bonds. The summed E-state index contributed by atoms with van der Waals surface area (Å²) in [7, 11) is -4.18. The van der Waals surface area contributed by atoms with E-state index in [0.717, 1.165) is 28.3 Å². The number of unbranched alkanes of at least 4 members (excludes halogenated alkanes) is 1. The summed E-state index contributed by atoms with van der Waals surface area (Å²) in [4.78, 5) is 29.9. The van der Waals surface area contributed by atoms with Crippen molar-refractivity contribution in [3.63, 3.8) is 0 Å². The highest BCUT2D eigenvalue weighted by Gasteiger charge is 2.35. The number of nitrogens with one attached hydrogen (secondary N) is 1. The van der Waals surface area contributed by atoms with Gasteiger partial charge in [-0.2, -0.15) is 0 Å². The lowest BCUT2D eigenvalue weighted by Crippen LogP contribution is -2.53. The molecule has 1 unspecified atom stereocenters. The molecule has 0 aromatic heterocycles. The minimum absolute atomic E-state index is 0.000521. The van der Waals surface area contributed by atoms with E-state index in [4.69, 9.17) is 23.2 Å². The van der Waals surface area contributed by atoms with Crippen molar-refractivity contribution in [2.45, 2.75) is 57.5 Å². The Bertz CT molecular complexity index is 1750. The average Bonchev–Trinajstić information content (AvgIpc) is 3.04. The molecule has 0 fully saturated rings. The molecular weight excluding hydrogens is 641 g/mol. The first-order chi connectivity index (χ1) is 22.0. The van der Waals surface area contributed by atoms with Crippen LogP contribution in [0.15, 0.2) is 102 Å². The number of hydrogen-bond donors (Lipinski definition) is 1. The Hall–Kier alpha value is -3.85. The molecule has 0 spiro atoms. The van der Waals surface area contributed by atoms with Gasteiger partial charge in [0, 0.05) is 19.5 Å². The summed E-state index contributed by atoms with van der Waals surface area (Å²) in [5, 5.41) is 3.66. The first-order valence-corrected chi connectivity index (χ1v) is 17.4. The minimum Gasteiger partial charge on any atom is -0.354 e. The zero-order valence-electron chi connectivity index (χ0n) is 26.2. The first-order valence-electron chi connectivity index (χ1n) is 15.2. The Morgan fingerprint density at radius 1 is 0.826 bits per heavy atom. The van der Waals surface area contributed by atoms with Gasteiger partial charge in [0.1, 0.15) is 12.6 Å². The van der Waals surface area contributed by atoms with Gasteiger partial charge in [-0.25, -0.2) is 8.42 Å². The van der Waals surface area contributed by atoms with Gasteiger partial charge in [-0.3, -0.25) is 13.9 Å². The van der Waals surface area contributed by atoms with Crippen LogP contribution in [-0.2, 0) is 32.6 Å². The average molecular weight is 681 g/mol. The summed E-state index contributed by atoms with van der Waals surface area (Å²) in [5.41, 5.74) is 3.53. The molecule has 0 aliphatic heterocycles. The Morgan fingerprint density at radius 2 is 1.50 bits per heavy atom. The van der Waals surface area contributed by atoms with Crippen molar-refractivity contribution in [2.75, 3.05) is 17.4 Å². The SMILES string of the molecule is CCCCNC(=O)C(Cc1ccccc1)N(Cc1ccc(Cl)c(Cl)c1)C(=O)CN(c1ccc(C)cc1C)S(=O)(=O)c1ccccc1. The maximum atomic E-state index is 14.6. The third-order valence-electron chi connectivity index (χ3n) is 7.67. The molecule has 10 heteroatoms. The molecule has 1 atom stereocenters. The Kier molecular flexibility index (Phi) is 12.3. The zero-order chi connectivity index (χ0) is 33.3. The minimum atomic E-state index is -4.18. The predicted octanol–water partition coefficient (Wildman–Crippen LogP) is 7.36. The third kappa shape index (κ3) is 8.90. The van der Waals surface area contributed by atoms with Crippen LogP contribution >= 0.6 is 23.2 Å². The molecule has 0 bridgehead atoms. The van der Waals surface area contributed by atoms with E-state index in [1.807, 2.05) is 63.2 Å². The van der Waals surface area contributed by atoms with Gasteiger partial charge < -0.3 is 10.2 Å². The van der Waals surface area contributed by atoms with E-state index < -0.39 is 28.5 Å². The van der Waals surface area contributed by atoms with Crippen molar-refractivity contribution in [2.24, 2.45) is 0 Å². The Balaban J connectivity index is 1.82. The van der Waals surface area contributed by atoms with E-state index >= 15 is 0 Å². The lowest BCUT2D eigenvalue weighted by molar-refractivity contribution is -0.140. The van der Waals surface area contributed by atoms with Crippen LogP contribution in [0.2, 0.25) is 10.0 Å². The zero-order valence-corrected chi connectivity index (χ0v) is 28.6. The number of anilines is 1. The van der Waals surface area contributed by atoms with Crippen LogP contribution in [0.4, 0.5) is 5.69 Å². The highest BCUT2D eigenvalue weighted by atomic mass is 35.5. The number of carbonyl (C=O) groups excluding carboxylic acids is 2. The van der Waals surface area contributed by atoms with Crippen molar-refractivity contribution < 1.29 is 18.0 Å². The van der Waals surface area contributed by atoms with E-state index in [-0.39, 0.29) is 23.8 Å². The smallest absolute Gasteiger partial charge is 0.264 e. The Labute approximate surface area is 282 Å². The third-order valence-corrected chi connectivity index (χ3v) is 10.2. The van der Waals surface area contributed by atoms with Crippen LogP contribution in [0, 0.1) is 13.8 Å². The normalized spacial score (nSPS) is 11.9. The molecule has 0 aliphatic rings. The number of amides is 2. The van der Waals surface area contributed by atoms with E-state index in [0.29, 0.717) is 33.4 Å². The fourth-order valence-corrected chi connectivity index (χ4v) is 7.03. The Morgan fingerprint density at radius 3 is 2.13 bits per heavy atom. The molecule has 242 valence electrons. The van der Waals surface area contributed by atoms with Crippen LogP contribution < -0.4 is 9.62 Å². The van der Waals surface area contributed by atoms with Gasteiger partial charge in [0.05, 0.1) is 20.6 Å². The highest BCUT2D eigenvalue weighted by molar-refractivity contribution is 7.92. The topological polar surface area (TPSA) is 86.8 Å². The second kappa shape index (κ2) is 16.1. The number of halogens is 2. The highest BCUT2D eigenvalue weighted by Crippen LogP contribution is 2.29. The standard InChI is InChI=1S/C36H39Cl2N3O4S/c1-4-5-20-39-36(43)34(23-28-12-8-6-9-13-28)40(24-29-17-18-31(37)32(38)22-29)35(42)25-41(33-19-16-26(2)21-27(33)3)46(44,45)30-14-10-7-11-15-30/h6-19,21-22,34H,4-5,20,23-25H2,1-3H3,(H,39,43). The summed E-state index contributed by atoms with van der Waals surface area (Å²) < 4.78 is 29.5. The molecule has 0 saturated heterocycles. The maximum absolute atomic E-state index is 14.6. The van der Waals surface area contributed by atoms with Crippen LogP contribution in [0.1, 0.15) is 42.0 Å². The largest absolute Gasteiger partial charge is 0.354 e. The molecule has 4 aromatic rings. The fraction of sp³-hybridized carbons (Fsp3) is 0.278. The van der Waals surface area contributed by atoms with E-state index in [1.165, 1.54) is 17.0 Å². The van der Waals surface area contributed by atoms with Crippen molar-refractivity contribution >= 4 is 50.7 Å². The molecule has 4 rings (SSSR count). The number of rotatable bonds is 14. The van der Waals surface area contributed by atoms with Gasteiger partial charge in [-0.05, 0) is 67.3 Å². The molecule has 0 aliphatic carbocycles. The number of sulfonamides is 1. The summed E-state index contributed by atoms with van der Waals surface area (Å²) in [5.74, 6) is -0.869. The molecule has 1 N–H and O–H groups in total. The number of carbonyl (C=O) groups is 2. The maximum Gasteiger partial charge on any atom is 0.264 e. The van der Waals surface area contributed by atoms with Crippen molar-refractivity contribution in [3.05, 3.63) is 129 Å². The summed E-state index contributed by atoms with van der Waals surface area (Å²) in [6.45, 7) is 5.68. The van der Waals surface area contributed by atoms with Crippen molar-refractivity contribution in [1.82, 2.24) is 10.2 Å². The lowest BCUT2D eigenvalue weighted by Gasteiger charge is -2.34. The van der Waals surface area contributed by atoms with Gasteiger partial charge in [0.2, 0.25) is 11.8 Å². The van der Waals surface area contributed by atoms with E-state index in [9.17, 15) is 18.0 Å². The number of aryl methyl sites for hydroxylation is 2. The number of benzene rings is 4. The van der Waals surface area contributed by atoms with Gasteiger partial charge in [0.25, 0.3) is 10.0 Å². The molecule has 0 radical (unpaired) electrons. The van der Waals surface area contributed by atoms with Crippen LogP contribution in [0.5, 0.6) is 0 Å².